The van der Waals surface area contributed by atoms with E-state index < -0.39 is 17.0 Å². The van der Waals surface area contributed by atoms with E-state index in [1.807, 2.05) is 0 Å². The van der Waals surface area contributed by atoms with Crippen molar-refractivity contribution < 1.29 is 13.5 Å². The monoisotopic (exact) mass is 333 g/mol. The summed E-state index contributed by atoms with van der Waals surface area (Å²) in [6.07, 6.45) is 4.61. The van der Waals surface area contributed by atoms with Crippen LogP contribution in [-0.2, 0) is 5.41 Å². The zero-order valence-electron chi connectivity index (χ0n) is 10.9. The highest BCUT2D eigenvalue weighted by Gasteiger charge is 2.39. The molecule has 0 saturated heterocycles. The Bertz CT molecular complexity index is 473. The van der Waals surface area contributed by atoms with Gasteiger partial charge >= 0.3 is 0 Å². The topological polar surface area (TPSA) is 35.2 Å². The average Bonchev–Trinajstić information content (AvgIpc) is 2.43. The van der Waals surface area contributed by atoms with Gasteiger partial charge in [0, 0.05) is 17.5 Å². The van der Waals surface area contributed by atoms with E-state index in [2.05, 4.69) is 15.9 Å². The van der Waals surface area contributed by atoms with Crippen LogP contribution in [0.15, 0.2) is 10.5 Å². The van der Waals surface area contributed by atoms with Gasteiger partial charge in [0.25, 0.3) is 0 Å². The van der Waals surface area contributed by atoms with E-state index in [0.717, 1.165) is 38.2 Å². The van der Waals surface area contributed by atoms with Crippen LogP contribution in [0.1, 0.15) is 37.7 Å². The first-order valence-corrected chi connectivity index (χ1v) is 7.27. The van der Waals surface area contributed by atoms with Crippen molar-refractivity contribution in [1.82, 2.24) is 0 Å². The summed E-state index contributed by atoms with van der Waals surface area (Å²) in [7, 11) is 1.36. The van der Waals surface area contributed by atoms with Crippen LogP contribution in [0.5, 0.6) is 5.75 Å². The molecule has 1 fully saturated rings. The molecular weight excluding hydrogens is 316 g/mol. The van der Waals surface area contributed by atoms with Crippen LogP contribution in [0.25, 0.3) is 0 Å². The van der Waals surface area contributed by atoms with Crippen LogP contribution in [0.4, 0.5) is 8.78 Å². The first kappa shape index (κ1) is 14.7. The summed E-state index contributed by atoms with van der Waals surface area (Å²) in [6, 6.07) is 1.10. The SMILES string of the molecule is COc1c(F)cc(Br)c(F)c1C1(CN)CCCCC1. The maximum Gasteiger partial charge on any atom is 0.166 e. The minimum absolute atomic E-state index is 0.00644. The van der Waals surface area contributed by atoms with Crippen molar-refractivity contribution in [3.8, 4) is 5.75 Å². The first-order chi connectivity index (χ1) is 9.05. The standard InChI is InChI=1S/C14H18BrF2NO/c1-19-13-10(16)7-9(15)12(17)11(13)14(8-18)5-3-2-4-6-14/h7H,2-6,8,18H2,1H3. The third-order valence-corrected chi connectivity index (χ3v) is 4.64. The van der Waals surface area contributed by atoms with Crippen LogP contribution in [-0.4, -0.2) is 13.7 Å². The Labute approximate surface area is 120 Å². The van der Waals surface area contributed by atoms with Gasteiger partial charge < -0.3 is 10.5 Å². The average molecular weight is 334 g/mol. The molecule has 2 N–H and O–H groups in total. The Morgan fingerprint density at radius 1 is 1.32 bits per heavy atom. The maximum absolute atomic E-state index is 14.5. The summed E-state index contributed by atoms with van der Waals surface area (Å²) in [5, 5.41) is 0. The molecule has 106 valence electrons. The van der Waals surface area contributed by atoms with Gasteiger partial charge in [-0.05, 0) is 34.8 Å². The number of methoxy groups -OCH3 is 1. The highest BCUT2D eigenvalue weighted by molar-refractivity contribution is 9.10. The zero-order valence-corrected chi connectivity index (χ0v) is 12.5. The second kappa shape index (κ2) is 5.75. The van der Waals surface area contributed by atoms with Crippen molar-refractivity contribution in [2.24, 2.45) is 5.73 Å². The van der Waals surface area contributed by atoms with Crippen molar-refractivity contribution in [2.45, 2.75) is 37.5 Å². The lowest BCUT2D eigenvalue weighted by Gasteiger charge is -2.38. The third-order valence-electron chi connectivity index (χ3n) is 4.06. The molecule has 0 bridgehead atoms. The molecule has 0 amide bonds. The van der Waals surface area contributed by atoms with Gasteiger partial charge in [0.05, 0.1) is 11.6 Å². The fourth-order valence-electron chi connectivity index (χ4n) is 3.04. The lowest BCUT2D eigenvalue weighted by Crippen LogP contribution is -2.38. The van der Waals surface area contributed by atoms with Gasteiger partial charge in [0.2, 0.25) is 0 Å². The summed E-state index contributed by atoms with van der Waals surface area (Å²) in [5.74, 6) is -1.01. The Morgan fingerprint density at radius 2 is 1.95 bits per heavy atom. The predicted octanol–water partition coefficient (Wildman–Crippen LogP) is 3.90. The fourth-order valence-corrected chi connectivity index (χ4v) is 3.44. The molecule has 1 aromatic carbocycles. The molecule has 1 aliphatic carbocycles. The number of hydrogen-bond acceptors (Lipinski definition) is 2. The molecule has 0 atom stereocenters. The van der Waals surface area contributed by atoms with Crippen molar-refractivity contribution >= 4 is 15.9 Å². The lowest BCUT2D eigenvalue weighted by atomic mass is 9.69. The summed E-state index contributed by atoms with van der Waals surface area (Å²) in [6.45, 7) is 0.302. The summed E-state index contributed by atoms with van der Waals surface area (Å²) >= 11 is 3.07. The fraction of sp³-hybridized carbons (Fsp3) is 0.571. The molecule has 19 heavy (non-hydrogen) atoms. The van der Waals surface area contributed by atoms with E-state index in [1.165, 1.54) is 7.11 Å². The largest absolute Gasteiger partial charge is 0.493 e. The van der Waals surface area contributed by atoms with Gasteiger partial charge in [-0.1, -0.05) is 19.3 Å². The Balaban J connectivity index is 2.64. The van der Waals surface area contributed by atoms with E-state index in [-0.39, 0.29) is 10.2 Å². The predicted molar refractivity (Wildman–Crippen MR) is 74.4 cm³/mol. The van der Waals surface area contributed by atoms with Crippen molar-refractivity contribution in [3.05, 3.63) is 27.7 Å². The van der Waals surface area contributed by atoms with E-state index in [0.29, 0.717) is 12.1 Å². The number of ether oxygens (including phenoxy) is 1. The Morgan fingerprint density at radius 3 is 2.47 bits per heavy atom. The van der Waals surface area contributed by atoms with Crippen molar-refractivity contribution in [1.29, 1.82) is 0 Å². The molecule has 0 heterocycles. The summed E-state index contributed by atoms with van der Waals surface area (Å²) < 4.78 is 33.7. The van der Waals surface area contributed by atoms with E-state index in [9.17, 15) is 8.78 Å². The Kier molecular flexibility index (Phi) is 4.46. The van der Waals surface area contributed by atoms with Gasteiger partial charge in [0.1, 0.15) is 5.82 Å². The minimum atomic E-state index is -0.552. The van der Waals surface area contributed by atoms with Crippen LogP contribution >= 0.6 is 15.9 Å². The first-order valence-electron chi connectivity index (χ1n) is 6.48. The Hall–Kier alpha value is -0.680. The summed E-state index contributed by atoms with van der Waals surface area (Å²) in [4.78, 5) is 0. The quantitative estimate of drug-likeness (QED) is 0.851. The number of halogens is 3. The maximum atomic E-state index is 14.5. The highest BCUT2D eigenvalue weighted by atomic mass is 79.9. The van der Waals surface area contributed by atoms with Crippen LogP contribution in [0, 0.1) is 11.6 Å². The number of nitrogens with two attached hydrogens (primary N) is 1. The smallest absolute Gasteiger partial charge is 0.166 e. The van der Waals surface area contributed by atoms with Gasteiger partial charge in [-0.2, -0.15) is 0 Å². The zero-order chi connectivity index (χ0) is 14.0. The van der Waals surface area contributed by atoms with Crippen LogP contribution < -0.4 is 10.5 Å². The number of hydrogen-bond donors (Lipinski definition) is 1. The normalized spacial score (nSPS) is 18.4. The molecule has 1 aliphatic rings. The van der Waals surface area contributed by atoms with Crippen molar-refractivity contribution in [3.63, 3.8) is 0 Å². The molecule has 0 aliphatic heterocycles. The molecule has 0 radical (unpaired) electrons. The number of rotatable bonds is 3. The third kappa shape index (κ3) is 2.50. The molecule has 2 rings (SSSR count). The molecule has 5 heteroatoms. The van der Waals surface area contributed by atoms with E-state index in [1.54, 1.807) is 0 Å². The highest BCUT2D eigenvalue weighted by Crippen LogP contribution is 2.46. The second-order valence-corrected chi connectivity index (χ2v) is 5.96. The molecular formula is C14H18BrF2NO. The van der Waals surface area contributed by atoms with Crippen molar-refractivity contribution in [2.75, 3.05) is 13.7 Å². The van der Waals surface area contributed by atoms with Gasteiger partial charge in [-0.3, -0.25) is 0 Å². The van der Waals surface area contributed by atoms with Gasteiger partial charge in [-0.15, -0.1) is 0 Å². The van der Waals surface area contributed by atoms with Crippen LogP contribution in [0.3, 0.4) is 0 Å². The second-order valence-electron chi connectivity index (χ2n) is 5.11. The minimum Gasteiger partial charge on any atom is -0.493 e. The molecule has 1 saturated carbocycles. The molecule has 2 nitrogen and oxygen atoms in total. The number of benzene rings is 1. The van der Waals surface area contributed by atoms with Gasteiger partial charge in [0.15, 0.2) is 11.6 Å². The van der Waals surface area contributed by atoms with E-state index in [4.69, 9.17) is 10.5 Å². The molecule has 0 unspecified atom stereocenters. The van der Waals surface area contributed by atoms with Gasteiger partial charge in [-0.25, -0.2) is 8.78 Å². The molecule has 1 aromatic rings. The van der Waals surface area contributed by atoms with Crippen LogP contribution in [0.2, 0.25) is 0 Å². The van der Waals surface area contributed by atoms with E-state index >= 15 is 0 Å². The molecule has 0 spiro atoms. The summed E-state index contributed by atoms with van der Waals surface area (Å²) in [5.41, 5.74) is 5.68. The molecule has 0 aromatic heterocycles. The lowest BCUT2D eigenvalue weighted by molar-refractivity contribution is 0.272.